The minimum Gasteiger partial charge on any atom is -0.372 e. The smallest absolute Gasteiger partial charge is 0.133 e. The predicted molar refractivity (Wildman–Crippen MR) is 63.5 cm³/mol. The van der Waals surface area contributed by atoms with Gasteiger partial charge < -0.3 is 4.74 Å². The number of hydrogen-bond donors (Lipinski definition) is 0. The molecule has 1 aliphatic carbocycles. The molecular weight excluding hydrogens is 222 g/mol. The van der Waals surface area contributed by atoms with Gasteiger partial charge in [0.1, 0.15) is 5.78 Å². The van der Waals surface area contributed by atoms with E-state index in [1.54, 1.807) is 11.3 Å². The molecule has 3 nitrogen and oxygen atoms in total. The Morgan fingerprint density at radius 3 is 2.88 bits per heavy atom. The van der Waals surface area contributed by atoms with E-state index < -0.39 is 0 Å². The van der Waals surface area contributed by atoms with Crippen molar-refractivity contribution < 1.29 is 9.53 Å². The zero-order valence-electron chi connectivity index (χ0n) is 9.57. The number of nitrogens with zero attached hydrogens (tertiary/aromatic N) is 1. The van der Waals surface area contributed by atoms with Gasteiger partial charge >= 0.3 is 0 Å². The second-order valence-electron chi connectivity index (χ2n) is 4.14. The molecule has 1 aromatic rings. The summed E-state index contributed by atoms with van der Waals surface area (Å²) in [5.41, 5.74) is 1.03. The van der Waals surface area contributed by atoms with E-state index in [-0.39, 0.29) is 6.10 Å². The first kappa shape index (κ1) is 11.7. The highest BCUT2D eigenvalue weighted by Gasteiger charge is 2.19. The molecular formula is C12H17NO2S. The monoisotopic (exact) mass is 239 g/mol. The molecule has 1 aliphatic rings. The zero-order valence-corrected chi connectivity index (χ0v) is 10.4. The van der Waals surface area contributed by atoms with Crippen molar-refractivity contribution in [3.63, 3.8) is 0 Å². The minimum absolute atomic E-state index is 0.254. The quantitative estimate of drug-likeness (QED) is 0.811. The molecule has 4 heteroatoms. The third-order valence-corrected chi connectivity index (χ3v) is 3.90. The number of ether oxygens (including phenoxy) is 1. The molecule has 88 valence electrons. The first-order chi connectivity index (χ1) is 7.78. The van der Waals surface area contributed by atoms with Crippen molar-refractivity contribution in [3.8, 4) is 0 Å². The number of aromatic nitrogens is 1. The van der Waals surface area contributed by atoms with Gasteiger partial charge in [0.2, 0.25) is 0 Å². The second-order valence-corrected chi connectivity index (χ2v) is 5.08. The van der Waals surface area contributed by atoms with Crippen molar-refractivity contribution in [2.45, 2.75) is 51.7 Å². The van der Waals surface area contributed by atoms with E-state index in [4.69, 9.17) is 4.74 Å². The molecule has 1 fully saturated rings. The van der Waals surface area contributed by atoms with E-state index in [1.165, 1.54) is 0 Å². The Labute approximate surface area is 99.8 Å². The molecule has 0 N–H and O–H groups in total. The summed E-state index contributed by atoms with van der Waals surface area (Å²) in [5, 5.41) is 3.23. The summed E-state index contributed by atoms with van der Waals surface area (Å²) in [6.07, 6.45) is 4.36. The molecule has 1 saturated carbocycles. The second kappa shape index (κ2) is 5.55. The molecule has 1 heterocycles. The Balaban J connectivity index is 1.76. The van der Waals surface area contributed by atoms with E-state index >= 15 is 0 Å². The lowest BCUT2D eigenvalue weighted by atomic mass is 9.96. The summed E-state index contributed by atoms with van der Waals surface area (Å²) in [6, 6.07) is 0. The summed E-state index contributed by atoms with van der Waals surface area (Å²) < 4.78 is 5.77. The fourth-order valence-electron chi connectivity index (χ4n) is 1.86. The van der Waals surface area contributed by atoms with E-state index in [9.17, 15) is 4.79 Å². The van der Waals surface area contributed by atoms with Crippen LogP contribution in [0.15, 0.2) is 5.38 Å². The molecule has 0 atom stereocenters. The first-order valence-electron chi connectivity index (χ1n) is 5.84. The number of ketones is 1. The SMILES string of the molecule is CCc1nc(COC2CCC(=O)CC2)cs1. The van der Waals surface area contributed by atoms with Gasteiger partial charge in [-0.1, -0.05) is 6.92 Å². The van der Waals surface area contributed by atoms with Gasteiger partial charge in [-0.25, -0.2) is 4.98 Å². The maximum Gasteiger partial charge on any atom is 0.133 e. The van der Waals surface area contributed by atoms with Gasteiger partial charge in [-0.15, -0.1) is 11.3 Å². The molecule has 0 radical (unpaired) electrons. The van der Waals surface area contributed by atoms with Crippen LogP contribution in [0, 0.1) is 0 Å². The Bertz CT molecular complexity index is 352. The van der Waals surface area contributed by atoms with Gasteiger partial charge in [-0.3, -0.25) is 4.79 Å². The number of hydrogen-bond acceptors (Lipinski definition) is 4. The molecule has 0 aromatic carbocycles. The van der Waals surface area contributed by atoms with Crippen LogP contribution in [-0.4, -0.2) is 16.9 Å². The fourth-order valence-corrected chi connectivity index (χ4v) is 2.59. The van der Waals surface area contributed by atoms with Gasteiger partial charge in [-0.2, -0.15) is 0 Å². The lowest BCUT2D eigenvalue weighted by Gasteiger charge is -2.20. The van der Waals surface area contributed by atoms with Crippen LogP contribution in [0.25, 0.3) is 0 Å². The summed E-state index contributed by atoms with van der Waals surface area (Å²) in [7, 11) is 0. The van der Waals surface area contributed by atoms with Crippen LogP contribution >= 0.6 is 11.3 Å². The molecule has 0 saturated heterocycles. The predicted octanol–water partition coefficient (Wildman–Crippen LogP) is 2.73. The standard InChI is InChI=1S/C12H17NO2S/c1-2-12-13-9(8-16-12)7-15-11-5-3-10(14)4-6-11/h8,11H,2-7H2,1H3. The van der Waals surface area contributed by atoms with E-state index in [1.807, 2.05) is 0 Å². The Morgan fingerprint density at radius 1 is 1.50 bits per heavy atom. The zero-order chi connectivity index (χ0) is 11.4. The number of carbonyl (C=O) groups excluding carboxylic acids is 1. The van der Waals surface area contributed by atoms with Gasteiger partial charge in [0, 0.05) is 18.2 Å². The summed E-state index contributed by atoms with van der Waals surface area (Å²) in [5.74, 6) is 0.377. The topological polar surface area (TPSA) is 39.2 Å². The molecule has 2 rings (SSSR count). The van der Waals surface area contributed by atoms with Crippen molar-refractivity contribution >= 4 is 17.1 Å². The van der Waals surface area contributed by atoms with Gasteiger partial charge in [0.15, 0.2) is 0 Å². The molecule has 0 aliphatic heterocycles. The van der Waals surface area contributed by atoms with Crippen LogP contribution in [0.5, 0.6) is 0 Å². The number of Topliss-reactive ketones (excluding diaryl/α,β-unsaturated/α-hetero) is 1. The largest absolute Gasteiger partial charge is 0.372 e. The third-order valence-electron chi connectivity index (χ3n) is 2.86. The Morgan fingerprint density at radius 2 is 2.25 bits per heavy atom. The first-order valence-corrected chi connectivity index (χ1v) is 6.72. The highest BCUT2D eigenvalue weighted by atomic mass is 32.1. The molecule has 0 unspecified atom stereocenters. The maximum absolute atomic E-state index is 11.1. The van der Waals surface area contributed by atoms with Crippen molar-refractivity contribution in [1.29, 1.82) is 0 Å². The van der Waals surface area contributed by atoms with Crippen LogP contribution in [0.3, 0.4) is 0 Å². The Kier molecular flexibility index (Phi) is 4.07. The number of thiazole rings is 1. The molecule has 0 spiro atoms. The number of aryl methyl sites for hydroxylation is 1. The van der Waals surface area contributed by atoms with Crippen LogP contribution in [0.4, 0.5) is 0 Å². The third kappa shape index (κ3) is 3.12. The van der Waals surface area contributed by atoms with Crippen molar-refractivity contribution in [3.05, 3.63) is 16.1 Å². The molecule has 0 bridgehead atoms. The lowest BCUT2D eigenvalue weighted by Crippen LogP contribution is -2.21. The molecule has 0 amide bonds. The van der Waals surface area contributed by atoms with Crippen LogP contribution in [0.1, 0.15) is 43.3 Å². The number of carbonyl (C=O) groups is 1. The number of rotatable bonds is 4. The van der Waals surface area contributed by atoms with Gasteiger partial charge in [-0.05, 0) is 19.3 Å². The normalized spacial score (nSPS) is 17.9. The molecule has 1 aromatic heterocycles. The highest BCUT2D eigenvalue weighted by Crippen LogP contribution is 2.20. The maximum atomic E-state index is 11.1. The highest BCUT2D eigenvalue weighted by molar-refractivity contribution is 7.09. The van der Waals surface area contributed by atoms with Crippen LogP contribution in [-0.2, 0) is 22.6 Å². The van der Waals surface area contributed by atoms with Gasteiger partial charge in [0.25, 0.3) is 0 Å². The Hall–Kier alpha value is -0.740. The summed E-state index contributed by atoms with van der Waals surface area (Å²) in [4.78, 5) is 15.5. The van der Waals surface area contributed by atoms with Gasteiger partial charge in [0.05, 0.1) is 23.4 Å². The fraction of sp³-hybridized carbons (Fsp3) is 0.667. The lowest BCUT2D eigenvalue weighted by molar-refractivity contribution is -0.123. The van der Waals surface area contributed by atoms with E-state index in [0.717, 1.165) is 30.0 Å². The average Bonchev–Trinajstić information content (AvgIpc) is 2.76. The summed E-state index contributed by atoms with van der Waals surface area (Å²) in [6.45, 7) is 2.70. The van der Waals surface area contributed by atoms with Crippen molar-refractivity contribution in [1.82, 2.24) is 4.98 Å². The van der Waals surface area contributed by atoms with Crippen LogP contribution < -0.4 is 0 Å². The minimum atomic E-state index is 0.254. The molecule has 16 heavy (non-hydrogen) atoms. The van der Waals surface area contributed by atoms with Crippen LogP contribution in [0.2, 0.25) is 0 Å². The van der Waals surface area contributed by atoms with E-state index in [2.05, 4.69) is 17.3 Å². The van der Waals surface area contributed by atoms with Crippen molar-refractivity contribution in [2.75, 3.05) is 0 Å². The summed E-state index contributed by atoms with van der Waals surface area (Å²) >= 11 is 1.69. The van der Waals surface area contributed by atoms with E-state index in [0.29, 0.717) is 25.2 Å². The van der Waals surface area contributed by atoms with Crippen molar-refractivity contribution in [2.24, 2.45) is 0 Å². The average molecular weight is 239 g/mol.